The lowest BCUT2D eigenvalue weighted by Crippen LogP contribution is -2.53. The Morgan fingerprint density at radius 3 is 2.39 bits per heavy atom. The Bertz CT molecular complexity index is 503. The fourth-order valence-electron chi connectivity index (χ4n) is 3.54. The average molecular weight is 346 g/mol. The molecular formula is C15H30N4O3S. The third-order valence-corrected chi connectivity index (χ3v) is 6.41. The number of hydrogen-bond acceptors (Lipinski definition) is 5. The molecule has 2 rings (SSSR count). The standard InChI is InChI=1S/C15H30N4O3S/c1-4-23(21,22)16-5-6-17-11-13(2)15(12-17)19-9-7-18(8-10-19)14(3)20/h13,15-16H,4-12H2,1-3H3. The first-order valence-electron chi connectivity index (χ1n) is 8.51. The smallest absolute Gasteiger partial charge is 0.219 e. The summed E-state index contributed by atoms with van der Waals surface area (Å²) in [5.41, 5.74) is 0. The molecule has 7 nitrogen and oxygen atoms in total. The average Bonchev–Trinajstić information content (AvgIpc) is 2.88. The lowest BCUT2D eigenvalue weighted by molar-refractivity contribution is -0.130. The number of rotatable bonds is 6. The summed E-state index contributed by atoms with van der Waals surface area (Å²) in [6.45, 7) is 12.3. The molecule has 0 saturated carbocycles. The van der Waals surface area contributed by atoms with Crippen LogP contribution in [0.1, 0.15) is 20.8 Å². The summed E-state index contributed by atoms with van der Waals surface area (Å²) < 4.78 is 25.6. The number of sulfonamides is 1. The SMILES string of the molecule is CCS(=O)(=O)NCCN1CC(C)C(N2CCN(C(C)=O)CC2)C1. The maximum atomic E-state index is 11.5. The second-order valence-electron chi connectivity index (χ2n) is 6.64. The van der Waals surface area contributed by atoms with Crippen LogP contribution in [0.5, 0.6) is 0 Å². The van der Waals surface area contributed by atoms with Crippen LogP contribution in [0.3, 0.4) is 0 Å². The minimum atomic E-state index is -3.10. The van der Waals surface area contributed by atoms with Gasteiger partial charge in [-0.15, -0.1) is 0 Å². The van der Waals surface area contributed by atoms with Gasteiger partial charge in [0, 0.05) is 65.3 Å². The number of piperazine rings is 1. The molecule has 1 N–H and O–H groups in total. The minimum absolute atomic E-state index is 0.131. The second-order valence-corrected chi connectivity index (χ2v) is 8.74. The maximum absolute atomic E-state index is 11.5. The third kappa shape index (κ3) is 5.14. The van der Waals surface area contributed by atoms with Crippen LogP contribution in [0, 0.1) is 5.92 Å². The van der Waals surface area contributed by atoms with Crippen molar-refractivity contribution < 1.29 is 13.2 Å². The Kier molecular flexibility index (Phi) is 6.41. The fourth-order valence-corrected chi connectivity index (χ4v) is 4.14. The lowest BCUT2D eigenvalue weighted by atomic mass is 10.0. The lowest BCUT2D eigenvalue weighted by Gasteiger charge is -2.39. The molecular weight excluding hydrogens is 316 g/mol. The van der Waals surface area contributed by atoms with E-state index in [4.69, 9.17) is 0 Å². The highest BCUT2D eigenvalue weighted by Gasteiger charge is 2.35. The van der Waals surface area contributed by atoms with Crippen molar-refractivity contribution in [3.63, 3.8) is 0 Å². The van der Waals surface area contributed by atoms with Gasteiger partial charge in [0.25, 0.3) is 0 Å². The molecule has 134 valence electrons. The van der Waals surface area contributed by atoms with Crippen LogP contribution in [0.15, 0.2) is 0 Å². The summed E-state index contributed by atoms with van der Waals surface area (Å²) >= 11 is 0. The second kappa shape index (κ2) is 7.92. The highest BCUT2D eigenvalue weighted by Crippen LogP contribution is 2.22. The van der Waals surface area contributed by atoms with Crippen molar-refractivity contribution in [2.24, 2.45) is 5.92 Å². The van der Waals surface area contributed by atoms with Crippen LogP contribution >= 0.6 is 0 Å². The van der Waals surface area contributed by atoms with E-state index in [0.717, 1.165) is 45.8 Å². The van der Waals surface area contributed by atoms with E-state index < -0.39 is 10.0 Å². The van der Waals surface area contributed by atoms with Gasteiger partial charge in [-0.25, -0.2) is 13.1 Å². The predicted molar refractivity (Wildman–Crippen MR) is 90.7 cm³/mol. The number of carbonyl (C=O) groups excluding carboxylic acids is 1. The van der Waals surface area contributed by atoms with Crippen molar-refractivity contribution in [1.29, 1.82) is 0 Å². The normalized spacial score (nSPS) is 27.5. The summed E-state index contributed by atoms with van der Waals surface area (Å²) in [5.74, 6) is 0.863. The molecule has 2 aliphatic heterocycles. The number of hydrogen-bond donors (Lipinski definition) is 1. The Hall–Kier alpha value is -0.700. The first-order valence-corrected chi connectivity index (χ1v) is 10.2. The molecule has 1 amide bonds. The van der Waals surface area contributed by atoms with E-state index in [1.54, 1.807) is 13.8 Å². The molecule has 2 aliphatic rings. The largest absolute Gasteiger partial charge is 0.340 e. The number of nitrogens with one attached hydrogen (secondary N) is 1. The number of likely N-dealkylation sites (tertiary alicyclic amines) is 1. The molecule has 0 radical (unpaired) electrons. The molecule has 2 fully saturated rings. The quantitative estimate of drug-likeness (QED) is 0.696. The first kappa shape index (κ1) is 18.6. The Morgan fingerprint density at radius 1 is 1.17 bits per heavy atom. The first-order chi connectivity index (χ1) is 10.8. The Balaban J connectivity index is 1.77. The van der Waals surface area contributed by atoms with Crippen LogP contribution in [0.2, 0.25) is 0 Å². The molecule has 2 heterocycles. The van der Waals surface area contributed by atoms with Gasteiger partial charge in [0.05, 0.1) is 5.75 Å². The molecule has 0 bridgehead atoms. The van der Waals surface area contributed by atoms with Gasteiger partial charge in [-0.1, -0.05) is 6.92 Å². The number of nitrogens with zero attached hydrogens (tertiary/aromatic N) is 3. The molecule has 2 saturated heterocycles. The minimum Gasteiger partial charge on any atom is -0.340 e. The molecule has 0 aromatic heterocycles. The van der Waals surface area contributed by atoms with Crippen molar-refractivity contribution in [1.82, 2.24) is 19.4 Å². The van der Waals surface area contributed by atoms with E-state index in [9.17, 15) is 13.2 Å². The van der Waals surface area contributed by atoms with E-state index in [1.807, 2.05) is 4.90 Å². The monoisotopic (exact) mass is 346 g/mol. The maximum Gasteiger partial charge on any atom is 0.219 e. The Morgan fingerprint density at radius 2 is 1.83 bits per heavy atom. The van der Waals surface area contributed by atoms with E-state index in [1.165, 1.54) is 0 Å². The van der Waals surface area contributed by atoms with Crippen molar-refractivity contribution in [2.75, 3.05) is 58.1 Å². The topological polar surface area (TPSA) is 73.0 Å². The van der Waals surface area contributed by atoms with E-state index >= 15 is 0 Å². The molecule has 8 heteroatoms. The molecule has 23 heavy (non-hydrogen) atoms. The summed E-state index contributed by atoms with van der Waals surface area (Å²) in [7, 11) is -3.10. The fraction of sp³-hybridized carbons (Fsp3) is 0.933. The van der Waals surface area contributed by atoms with Gasteiger partial charge in [-0.05, 0) is 12.8 Å². The van der Waals surface area contributed by atoms with Crippen LogP contribution in [0.4, 0.5) is 0 Å². The van der Waals surface area contributed by atoms with Crippen LogP contribution < -0.4 is 4.72 Å². The Labute approximate surface area is 140 Å². The molecule has 2 atom stereocenters. The van der Waals surface area contributed by atoms with Gasteiger partial charge in [0.15, 0.2) is 0 Å². The summed E-state index contributed by atoms with van der Waals surface area (Å²) in [6, 6.07) is 0.506. The third-order valence-electron chi connectivity index (χ3n) is 5.01. The van der Waals surface area contributed by atoms with Crippen LogP contribution in [-0.4, -0.2) is 93.2 Å². The zero-order valence-electron chi connectivity index (χ0n) is 14.5. The van der Waals surface area contributed by atoms with Crippen molar-refractivity contribution >= 4 is 15.9 Å². The summed E-state index contributed by atoms with van der Waals surface area (Å²) in [4.78, 5) is 18.1. The van der Waals surface area contributed by atoms with Gasteiger partial charge in [-0.3, -0.25) is 9.69 Å². The molecule has 2 unspecified atom stereocenters. The summed E-state index contributed by atoms with van der Waals surface area (Å²) in [5, 5.41) is 0. The van der Waals surface area contributed by atoms with Gasteiger partial charge in [0.1, 0.15) is 0 Å². The van der Waals surface area contributed by atoms with Gasteiger partial charge in [0.2, 0.25) is 15.9 Å². The molecule has 0 spiro atoms. The molecule has 0 aliphatic carbocycles. The van der Waals surface area contributed by atoms with E-state index in [2.05, 4.69) is 21.4 Å². The van der Waals surface area contributed by atoms with E-state index in [0.29, 0.717) is 18.5 Å². The zero-order chi connectivity index (χ0) is 17.0. The van der Waals surface area contributed by atoms with Crippen LogP contribution in [-0.2, 0) is 14.8 Å². The molecule has 0 aromatic carbocycles. The molecule has 0 aromatic rings. The van der Waals surface area contributed by atoms with Crippen molar-refractivity contribution in [2.45, 2.75) is 26.8 Å². The summed E-state index contributed by atoms with van der Waals surface area (Å²) in [6.07, 6.45) is 0. The van der Waals surface area contributed by atoms with E-state index in [-0.39, 0.29) is 11.7 Å². The number of amides is 1. The van der Waals surface area contributed by atoms with Gasteiger partial charge >= 0.3 is 0 Å². The number of carbonyl (C=O) groups is 1. The van der Waals surface area contributed by atoms with Crippen molar-refractivity contribution in [3.8, 4) is 0 Å². The highest BCUT2D eigenvalue weighted by molar-refractivity contribution is 7.89. The van der Waals surface area contributed by atoms with Crippen LogP contribution in [0.25, 0.3) is 0 Å². The van der Waals surface area contributed by atoms with Gasteiger partial charge < -0.3 is 9.80 Å². The van der Waals surface area contributed by atoms with Crippen molar-refractivity contribution in [3.05, 3.63) is 0 Å². The highest BCUT2D eigenvalue weighted by atomic mass is 32.2. The zero-order valence-corrected chi connectivity index (χ0v) is 15.3. The predicted octanol–water partition coefficient (Wildman–Crippen LogP) is -0.590. The van der Waals surface area contributed by atoms with Gasteiger partial charge in [-0.2, -0.15) is 0 Å².